The van der Waals surface area contributed by atoms with Crippen LogP contribution < -0.4 is 10.2 Å². The lowest BCUT2D eigenvalue weighted by Gasteiger charge is -2.36. The van der Waals surface area contributed by atoms with Crippen LogP contribution >= 0.6 is 11.6 Å². The number of halogens is 4. The smallest absolute Gasteiger partial charge is 0.417 e. The molecule has 0 aliphatic carbocycles. The molecule has 0 unspecified atom stereocenters. The van der Waals surface area contributed by atoms with Gasteiger partial charge in [-0.05, 0) is 36.4 Å². The second-order valence-corrected chi connectivity index (χ2v) is 7.73. The Hall–Kier alpha value is -3.53. The van der Waals surface area contributed by atoms with Crippen molar-refractivity contribution in [1.82, 2.24) is 9.88 Å². The number of carbonyl (C=O) groups is 2. The molecule has 2 amide bonds. The van der Waals surface area contributed by atoms with Crippen molar-refractivity contribution in [2.75, 3.05) is 36.4 Å². The van der Waals surface area contributed by atoms with E-state index in [2.05, 4.69) is 10.3 Å². The van der Waals surface area contributed by atoms with Crippen LogP contribution in [0.5, 0.6) is 0 Å². The Labute approximate surface area is 191 Å². The number of benzene rings is 1. The Balaban J connectivity index is 1.39. The van der Waals surface area contributed by atoms with Crippen molar-refractivity contribution in [2.24, 2.45) is 0 Å². The number of furan rings is 1. The number of nitrogens with zero attached hydrogens (tertiary/aromatic N) is 3. The highest BCUT2D eigenvalue weighted by Crippen LogP contribution is 2.33. The van der Waals surface area contributed by atoms with Crippen LogP contribution in [0.4, 0.5) is 24.7 Å². The van der Waals surface area contributed by atoms with Gasteiger partial charge in [0.05, 0.1) is 16.8 Å². The predicted octanol–water partition coefficient (Wildman–Crippen LogP) is 4.56. The summed E-state index contributed by atoms with van der Waals surface area (Å²) in [5, 5.41) is 2.58. The Morgan fingerprint density at radius 2 is 1.82 bits per heavy atom. The lowest BCUT2D eigenvalue weighted by molar-refractivity contribution is -0.137. The van der Waals surface area contributed by atoms with Crippen LogP contribution in [0.25, 0.3) is 0 Å². The minimum absolute atomic E-state index is 0.0930. The van der Waals surface area contributed by atoms with Crippen LogP contribution in [-0.2, 0) is 6.18 Å². The lowest BCUT2D eigenvalue weighted by Crippen LogP contribution is -2.49. The number of alkyl halides is 3. The molecule has 2 aromatic heterocycles. The number of nitrogens with one attached hydrogen (secondary N) is 1. The van der Waals surface area contributed by atoms with Gasteiger partial charge < -0.3 is 19.5 Å². The quantitative estimate of drug-likeness (QED) is 0.594. The third kappa shape index (κ3) is 5.11. The zero-order chi connectivity index (χ0) is 23.6. The van der Waals surface area contributed by atoms with Gasteiger partial charge in [-0.25, -0.2) is 4.98 Å². The maximum absolute atomic E-state index is 12.9. The van der Waals surface area contributed by atoms with E-state index in [0.29, 0.717) is 37.4 Å². The number of carbonyl (C=O) groups excluding carboxylic acids is 2. The van der Waals surface area contributed by atoms with Crippen molar-refractivity contribution in [3.63, 3.8) is 0 Å². The minimum atomic E-state index is -4.52. The van der Waals surface area contributed by atoms with Crippen LogP contribution in [0.2, 0.25) is 5.02 Å². The first-order valence-electron chi connectivity index (χ1n) is 9.94. The number of hydrogen-bond acceptors (Lipinski definition) is 5. The third-order valence-corrected chi connectivity index (χ3v) is 5.41. The summed E-state index contributed by atoms with van der Waals surface area (Å²) in [6.07, 6.45) is -2.38. The Morgan fingerprint density at radius 3 is 2.45 bits per heavy atom. The fraction of sp³-hybridized carbons (Fsp3) is 0.227. The molecule has 1 N–H and O–H groups in total. The molecular weight excluding hydrogens is 461 g/mol. The largest absolute Gasteiger partial charge is 0.459 e. The van der Waals surface area contributed by atoms with E-state index in [1.165, 1.54) is 12.3 Å². The monoisotopic (exact) mass is 478 g/mol. The van der Waals surface area contributed by atoms with Crippen molar-refractivity contribution < 1.29 is 27.2 Å². The summed E-state index contributed by atoms with van der Waals surface area (Å²) in [6, 6.07) is 10.5. The first kappa shape index (κ1) is 22.7. The molecule has 3 heterocycles. The fourth-order valence-electron chi connectivity index (χ4n) is 3.45. The van der Waals surface area contributed by atoms with E-state index >= 15 is 0 Å². The van der Waals surface area contributed by atoms with Crippen molar-refractivity contribution in [3.8, 4) is 0 Å². The van der Waals surface area contributed by atoms with Crippen LogP contribution in [0, 0.1) is 0 Å². The molecule has 0 spiro atoms. The van der Waals surface area contributed by atoms with E-state index in [9.17, 15) is 22.8 Å². The molecule has 7 nitrogen and oxygen atoms in total. The highest BCUT2D eigenvalue weighted by Gasteiger charge is 2.32. The summed E-state index contributed by atoms with van der Waals surface area (Å²) in [5.41, 5.74) is -0.0721. The van der Waals surface area contributed by atoms with Crippen molar-refractivity contribution in [1.29, 1.82) is 0 Å². The molecule has 172 valence electrons. The molecule has 4 rings (SSSR count). The fourth-order valence-corrected chi connectivity index (χ4v) is 3.74. The number of amides is 2. The highest BCUT2D eigenvalue weighted by atomic mass is 35.5. The second kappa shape index (κ2) is 9.14. The molecule has 0 saturated carbocycles. The average Bonchev–Trinajstić information content (AvgIpc) is 3.33. The van der Waals surface area contributed by atoms with Gasteiger partial charge in [-0.2, -0.15) is 13.2 Å². The molecule has 11 heteroatoms. The zero-order valence-electron chi connectivity index (χ0n) is 17.1. The van der Waals surface area contributed by atoms with Crippen molar-refractivity contribution >= 4 is 34.9 Å². The van der Waals surface area contributed by atoms with Gasteiger partial charge >= 0.3 is 6.18 Å². The number of piperazine rings is 1. The van der Waals surface area contributed by atoms with E-state index in [0.717, 1.165) is 12.3 Å². The first-order chi connectivity index (χ1) is 15.7. The number of pyridine rings is 1. The number of rotatable bonds is 4. The predicted molar refractivity (Wildman–Crippen MR) is 115 cm³/mol. The average molecular weight is 479 g/mol. The van der Waals surface area contributed by atoms with E-state index in [4.69, 9.17) is 16.0 Å². The summed E-state index contributed by atoms with van der Waals surface area (Å²) in [4.78, 5) is 32.3. The van der Waals surface area contributed by atoms with Gasteiger partial charge in [0.1, 0.15) is 5.82 Å². The molecule has 1 aliphatic rings. The van der Waals surface area contributed by atoms with Crippen LogP contribution in [-0.4, -0.2) is 47.9 Å². The summed E-state index contributed by atoms with van der Waals surface area (Å²) in [6.45, 7) is 1.39. The lowest BCUT2D eigenvalue weighted by atomic mass is 10.1. The summed E-state index contributed by atoms with van der Waals surface area (Å²) in [5.74, 6) is -0.257. The number of hydrogen-bond donors (Lipinski definition) is 1. The molecule has 33 heavy (non-hydrogen) atoms. The van der Waals surface area contributed by atoms with Crippen molar-refractivity contribution in [3.05, 3.63) is 76.8 Å². The minimum Gasteiger partial charge on any atom is -0.459 e. The molecular formula is C22H18ClF3N4O3. The SMILES string of the molecule is O=C(Nc1cccc(C(=O)N2CCN(c3ncc(C(F)(F)F)cc3Cl)CC2)c1)c1ccco1. The molecule has 1 saturated heterocycles. The maximum atomic E-state index is 12.9. The van der Waals surface area contributed by atoms with E-state index in [1.807, 2.05) is 0 Å². The number of aromatic nitrogens is 1. The Kier molecular flexibility index (Phi) is 6.28. The zero-order valence-corrected chi connectivity index (χ0v) is 17.9. The van der Waals surface area contributed by atoms with Gasteiger partial charge in [-0.3, -0.25) is 9.59 Å². The van der Waals surface area contributed by atoms with Gasteiger partial charge in [-0.1, -0.05) is 17.7 Å². The van der Waals surface area contributed by atoms with E-state index in [-0.39, 0.29) is 22.5 Å². The van der Waals surface area contributed by atoms with Gasteiger partial charge in [0, 0.05) is 43.6 Å². The topological polar surface area (TPSA) is 78.7 Å². The Bertz CT molecular complexity index is 1160. The van der Waals surface area contributed by atoms with Crippen LogP contribution in [0.1, 0.15) is 26.5 Å². The normalized spacial score (nSPS) is 14.3. The second-order valence-electron chi connectivity index (χ2n) is 7.32. The molecule has 1 aromatic carbocycles. The molecule has 1 fully saturated rings. The van der Waals surface area contributed by atoms with Gasteiger partial charge in [0.2, 0.25) is 0 Å². The molecule has 0 bridgehead atoms. The van der Waals surface area contributed by atoms with Crippen molar-refractivity contribution in [2.45, 2.75) is 6.18 Å². The standard InChI is InChI=1S/C22H18ClF3N4O3/c23-17-12-15(22(24,25)26)13-27-19(17)29-6-8-30(9-7-29)21(32)14-3-1-4-16(11-14)28-20(31)18-5-2-10-33-18/h1-5,10-13H,6-9H2,(H,28,31). The van der Waals surface area contributed by atoms with Gasteiger partial charge in [0.25, 0.3) is 11.8 Å². The molecule has 1 aliphatic heterocycles. The highest BCUT2D eigenvalue weighted by molar-refractivity contribution is 6.33. The van der Waals surface area contributed by atoms with Crippen LogP contribution in [0.15, 0.2) is 59.3 Å². The van der Waals surface area contributed by atoms with Gasteiger partial charge in [-0.15, -0.1) is 0 Å². The van der Waals surface area contributed by atoms with Crippen LogP contribution in [0.3, 0.4) is 0 Å². The van der Waals surface area contributed by atoms with E-state index in [1.54, 1.807) is 40.1 Å². The maximum Gasteiger partial charge on any atom is 0.417 e. The molecule has 3 aromatic rings. The van der Waals surface area contributed by atoms with E-state index < -0.39 is 17.6 Å². The molecule has 0 atom stereocenters. The number of anilines is 2. The summed E-state index contributed by atoms with van der Waals surface area (Å²) >= 11 is 6.03. The third-order valence-electron chi connectivity index (χ3n) is 5.13. The Morgan fingerprint density at radius 1 is 1.06 bits per heavy atom. The summed E-state index contributed by atoms with van der Waals surface area (Å²) < 4.78 is 43.5. The van der Waals surface area contributed by atoms with Gasteiger partial charge in [0.15, 0.2) is 5.76 Å². The molecule has 0 radical (unpaired) electrons. The first-order valence-corrected chi connectivity index (χ1v) is 10.3. The summed E-state index contributed by atoms with van der Waals surface area (Å²) in [7, 11) is 0.